The summed E-state index contributed by atoms with van der Waals surface area (Å²) in [6.45, 7) is 2.40. The normalized spacial score (nSPS) is 10.2. The van der Waals surface area contributed by atoms with Gasteiger partial charge in [0.2, 0.25) is 11.8 Å². The largest absolute Gasteiger partial charge is 0.494 e. The van der Waals surface area contributed by atoms with Crippen molar-refractivity contribution in [3.05, 3.63) is 53.7 Å². The van der Waals surface area contributed by atoms with Gasteiger partial charge in [-0.15, -0.1) is 0 Å². The number of ether oxygens (including phenoxy) is 2. The first-order valence-corrected chi connectivity index (χ1v) is 8.08. The molecule has 2 aromatic rings. The number of nitrogens with one attached hydrogen (secondary N) is 1. The number of aromatic nitrogens is 1. The summed E-state index contributed by atoms with van der Waals surface area (Å²) in [4.78, 5) is 27.1. The van der Waals surface area contributed by atoms with Crippen LogP contribution in [0, 0.1) is 0 Å². The summed E-state index contributed by atoms with van der Waals surface area (Å²) in [5.74, 6) is 1.22. The lowest BCUT2D eigenvalue weighted by atomic mass is 10.1. The van der Waals surface area contributed by atoms with Gasteiger partial charge in [0.25, 0.3) is 0 Å². The molecular weight excluding hydrogens is 320 g/mol. The van der Waals surface area contributed by atoms with Crippen molar-refractivity contribution in [3.8, 4) is 11.6 Å². The van der Waals surface area contributed by atoms with Crippen LogP contribution >= 0.6 is 0 Å². The number of pyridine rings is 1. The van der Waals surface area contributed by atoms with Crippen LogP contribution in [0.15, 0.2) is 42.6 Å². The Hall–Kier alpha value is -2.89. The smallest absolute Gasteiger partial charge is 0.220 e. The fraction of sp³-hybridized carbons (Fsp3) is 0.316. The van der Waals surface area contributed by atoms with Crippen LogP contribution in [0.1, 0.15) is 35.7 Å². The predicted molar refractivity (Wildman–Crippen MR) is 93.8 cm³/mol. The summed E-state index contributed by atoms with van der Waals surface area (Å²) >= 11 is 0. The van der Waals surface area contributed by atoms with Crippen LogP contribution in [0.3, 0.4) is 0 Å². The van der Waals surface area contributed by atoms with Gasteiger partial charge in [0.1, 0.15) is 5.75 Å². The molecule has 6 heteroatoms. The Balaban J connectivity index is 1.63. The van der Waals surface area contributed by atoms with Gasteiger partial charge in [-0.05, 0) is 43.2 Å². The maximum Gasteiger partial charge on any atom is 0.220 e. The van der Waals surface area contributed by atoms with Gasteiger partial charge in [-0.1, -0.05) is 6.07 Å². The monoisotopic (exact) mass is 342 g/mol. The topological polar surface area (TPSA) is 77.5 Å². The average Bonchev–Trinajstić information content (AvgIpc) is 2.64. The van der Waals surface area contributed by atoms with E-state index in [1.165, 1.54) is 6.92 Å². The molecule has 6 nitrogen and oxygen atoms in total. The Morgan fingerprint density at radius 2 is 1.88 bits per heavy atom. The average molecular weight is 342 g/mol. The number of carbonyl (C=O) groups is 2. The number of methoxy groups -OCH3 is 1. The van der Waals surface area contributed by atoms with E-state index >= 15 is 0 Å². The third-order valence-corrected chi connectivity index (χ3v) is 3.57. The summed E-state index contributed by atoms with van der Waals surface area (Å²) < 4.78 is 10.6. The van der Waals surface area contributed by atoms with Crippen LogP contribution < -0.4 is 14.8 Å². The van der Waals surface area contributed by atoms with Gasteiger partial charge < -0.3 is 14.8 Å². The zero-order chi connectivity index (χ0) is 18.1. The fourth-order valence-electron chi connectivity index (χ4n) is 2.13. The number of benzene rings is 1. The number of rotatable bonds is 9. The third-order valence-electron chi connectivity index (χ3n) is 3.57. The van der Waals surface area contributed by atoms with Gasteiger partial charge in [0, 0.05) is 30.8 Å². The molecule has 0 aliphatic heterocycles. The number of ketones is 1. The minimum Gasteiger partial charge on any atom is -0.494 e. The van der Waals surface area contributed by atoms with Crippen LogP contribution in [0.5, 0.6) is 11.6 Å². The Bertz CT molecular complexity index is 696. The quantitative estimate of drug-likeness (QED) is 0.560. The first-order chi connectivity index (χ1) is 12.1. The van der Waals surface area contributed by atoms with E-state index in [9.17, 15) is 9.59 Å². The zero-order valence-corrected chi connectivity index (χ0v) is 14.5. The number of Topliss-reactive ketones (excluding diaryl/α,β-unsaturated/α-hetero) is 1. The minimum atomic E-state index is -0.0358. The molecule has 0 unspecified atom stereocenters. The first kappa shape index (κ1) is 18.4. The summed E-state index contributed by atoms with van der Waals surface area (Å²) in [6.07, 6.45) is 2.67. The highest BCUT2D eigenvalue weighted by Crippen LogP contribution is 2.13. The van der Waals surface area contributed by atoms with Gasteiger partial charge in [-0.3, -0.25) is 9.59 Å². The van der Waals surface area contributed by atoms with Crippen LogP contribution in [0.2, 0.25) is 0 Å². The molecule has 0 atom stereocenters. The SMILES string of the molecule is COc1ccc(CNC(=O)CCCOc2ccc(C(C)=O)cc2)cn1. The van der Waals surface area contributed by atoms with Crippen molar-refractivity contribution in [1.29, 1.82) is 0 Å². The van der Waals surface area contributed by atoms with E-state index in [1.807, 2.05) is 6.07 Å². The van der Waals surface area contributed by atoms with Crippen molar-refractivity contribution >= 4 is 11.7 Å². The summed E-state index contributed by atoms with van der Waals surface area (Å²) in [5.41, 5.74) is 1.57. The lowest BCUT2D eigenvalue weighted by Gasteiger charge is -2.08. The van der Waals surface area contributed by atoms with E-state index < -0.39 is 0 Å². The second-order valence-corrected chi connectivity index (χ2v) is 5.52. The van der Waals surface area contributed by atoms with Crippen LogP contribution in [-0.2, 0) is 11.3 Å². The molecule has 0 aliphatic rings. The number of amides is 1. The molecule has 25 heavy (non-hydrogen) atoms. The van der Waals surface area contributed by atoms with Crippen LogP contribution in [0.25, 0.3) is 0 Å². The van der Waals surface area contributed by atoms with Crippen molar-refractivity contribution in [2.45, 2.75) is 26.3 Å². The molecule has 0 spiro atoms. The summed E-state index contributed by atoms with van der Waals surface area (Å²) in [7, 11) is 1.56. The maximum atomic E-state index is 11.8. The molecule has 0 aliphatic carbocycles. The highest BCUT2D eigenvalue weighted by atomic mass is 16.5. The van der Waals surface area contributed by atoms with Crippen molar-refractivity contribution in [1.82, 2.24) is 10.3 Å². The molecule has 0 radical (unpaired) electrons. The number of hydrogen-bond acceptors (Lipinski definition) is 5. The third kappa shape index (κ3) is 6.25. The molecule has 1 aromatic carbocycles. The molecule has 132 valence electrons. The van der Waals surface area contributed by atoms with Gasteiger partial charge in [0.15, 0.2) is 5.78 Å². The standard InChI is InChI=1S/C19H22N2O4/c1-14(22)16-6-8-17(9-7-16)25-11-3-4-18(23)20-12-15-5-10-19(24-2)21-13-15/h5-10,13H,3-4,11-12H2,1-2H3,(H,20,23). The van der Waals surface area contributed by atoms with Gasteiger partial charge in [-0.2, -0.15) is 0 Å². The first-order valence-electron chi connectivity index (χ1n) is 8.08. The van der Waals surface area contributed by atoms with Gasteiger partial charge in [0.05, 0.1) is 13.7 Å². The molecular formula is C19H22N2O4. The van der Waals surface area contributed by atoms with Crippen molar-refractivity contribution in [3.63, 3.8) is 0 Å². The van der Waals surface area contributed by atoms with E-state index in [2.05, 4.69) is 10.3 Å². The van der Waals surface area contributed by atoms with Gasteiger partial charge in [-0.25, -0.2) is 4.98 Å². The van der Waals surface area contributed by atoms with E-state index in [4.69, 9.17) is 9.47 Å². The van der Waals surface area contributed by atoms with E-state index in [0.29, 0.717) is 43.2 Å². The molecule has 1 aromatic heterocycles. The number of hydrogen-bond donors (Lipinski definition) is 1. The summed E-state index contributed by atoms with van der Waals surface area (Å²) in [6, 6.07) is 10.6. The van der Waals surface area contributed by atoms with Crippen molar-refractivity contribution in [2.24, 2.45) is 0 Å². The molecule has 0 fully saturated rings. The molecule has 2 rings (SSSR count). The highest BCUT2D eigenvalue weighted by molar-refractivity contribution is 5.94. The second kappa shape index (κ2) is 9.42. The minimum absolute atomic E-state index is 0.0234. The number of carbonyl (C=O) groups excluding carboxylic acids is 2. The highest BCUT2D eigenvalue weighted by Gasteiger charge is 2.03. The molecule has 0 bridgehead atoms. The molecule has 0 saturated heterocycles. The van der Waals surface area contributed by atoms with E-state index in [-0.39, 0.29) is 11.7 Å². The van der Waals surface area contributed by atoms with Crippen LogP contribution in [-0.4, -0.2) is 30.4 Å². The van der Waals surface area contributed by atoms with Crippen LogP contribution in [0.4, 0.5) is 0 Å². The van der Waals surface area contributed by atoms with Crippen molar-refractivity contribution < 1.29 is 19.1 Å². The van der Waals surface area contributed by atoms with E-state index in [1.54, 1.807) is 43.6 Å². The fourth-order valence-corrected chi connectivity index (χ4v) is 2.13. The Morgan fingerprint density at radius 1 is 1.12 bits per heavy atom. The second-order valence-electron chi connectivity index (χ2n) is 5.52. The molecule has 0 saturated carbocycles. The van der Waals surface area contributed by atoms with Crippen molar-refractivity contribution in [2.75, 3.05) is 13.7 Å². The lowest BCUT2D eigenvalue weighted by molar-refractivity contribution is -0.121. The summed E-state index contributed by atoms with van der Waals surface area (Å²) in [5, 5.41) is 2.84. The molecule has 1 heterocycles. The Morgan fingerprint density at radius 3 is 2.48 bits per heavy atom. The number of nitrogens with zero attached hydrogens (tertiary/aromatic N) is 1. The van der Waals surface area contributed by atoms with E-state index in [0.717, 1.165) is 5.56 Å². The maximum absolute atomic E-state index is 11.8. The predicted octanol–water partition coefficient (Wildman–Crippen LogP) is 2.77. The van der Waals surface area contributed by atoms with Gasteiger partial charge >= 0.3 is 0 Å². The Kier molecular flexibility index (Phi) is 6.95. The Labute approximate surface area is 147 Å². The zero-order valence-electron chi connectivity index (χ0n) is 14.5. The molecule has 1 amide bonds. The molecule has 1 N–H and O–H groups in total. The lowest BCUT2D eigenvalue weighted by Crippen LogP contribution is -2.23.